The molecular weight excluding hydrogens is 246 g/mol. The Hall–Kier alpha value is -2.13. The first-order valence-electron chi connectivity index (χ1n) is 6.86. The van der Waals surface area contributed by atoms with E-state index in [0.29, 0.717) is 6.54 Å². The van der Waals surface area contributed by atoms with Gasteiger partial charge in [0.1, 0.15) is 5.65 Å². The third-order valence-corrected chi connectivity index (χ3v) is 3.79. The molecule has 3 heteroatoms. The van der Waals surface area contributed by atoms with Crippen molar-refractivity contribution in [2.24, 2.45) is 5.73 Å². The molecule has 2 N–H and O–H groups in total. The van der Waals surface area contributed by atoms with Gasteiger partial charge in [-0.1, -0.05) is 23.8 Å². The molecule has 0 saturated heterocycles. The molecule has 0 spiro atoms. The van der Waals surface area contributed by atoms with Crippen LogP contribution in [0.1, 0.15) is 22.4 Å². The molecule has 20 heavy (non-hydrogen) atoms. The highest BCUT2D eigenvalue weighted by Gasteiger charge is 2.15. The first-order chi connectivity index (χ1) is 9.61. The number of aromatic nitrogens is 2. The van der Waals surface area contributed by atoms with Crippen LogP contribution in [-0.2, 0) is 6.54 Å². The summed E-state index contributed by atoms with van der Waals surface area (Å²) in [6, 6.07) is 10.6. The second-order valence-electron chi connectivity index (χ2n) is 5.31. The Balaban J connectivity index is 2.36. The molecule has 0 amide bonds. The summed E-state index contributed by atoms with van der Waals surface area (Å²) in [6.45, 7) is 6.78. The fraction of sp³-hybridized carbons (Fsp3) is 0.235. The summed E-state index contributed by atoms with van der Waals surface area (Å²) in [4.78, 5) is 4.84. The number of nitrogens with zero attached hydrogens (tertiary/aromatic N) is 2. The average Bonchev–Trinajstić information content (AvgIpc) is 2.81. The van der Waals surface area contributed by atoms with E-state index in [1.807, 2.05) is 12.3 Å². The Labute approximate surface area is 119 Å². The Kier molecular flexibility index (Phi) is 3.07. The Morgan fingerprint density at radius 1 is 1.10 bits per heavy atom. The van der Waals surface area contributed by atoms with E-state index in [0.717, 1.165) is 17.0 Å². The first-order valence-corrected chi connectivity index (χ1v) is 6.86. The molecule has 0 aliphatic heterocycles. The third kappa shape index (κ3) is 1.91. The zero-order chi connectivity index (χ0) is 14.3. The van der Waals surface area contributed by atoms with Crippen molar-refractivity contribution >= 4 is 5.65 Å². The second-order valence-corrected chi connectivity index (χ2v) is 5.31. The van der Waals surface area contributed by atoms with E-state index in [9.17, 15) is 0 Å². The molecular formula is C17H19N3. The summed E-state index contributed by atoms with van der Waals surface area (Å²) in [6.07, 6.45) is 2.03. The van der Waals surface area contributed by atoms with Crippen molar-refractivity contribution in [1.82, 2.24) is 9.38 Å². The van der Waals surface area contributed by atoms with Crippen LogP contribution >= 0.6 is 0 Å². The van der Waals surface area contributed by atoms with Gasteiger partial charge < -0.3 is 10.1 Å². The lowest BCUT2D eigenvalue weighted by molar-refractivity contribution is 0.959. The van der Waals surface area contributed by atoms with Crippen LogP contribution in [0.3, 0.4) is 0 Å². The van der Waals surface area contributed by atoms with Crippen molar-refractivity contribution in [3.05, 3.63) is 58.9 Å². The lowest BCUT2D eigenvalue weighted by atomic mass is 10.0. The summed E-state index contributed by atoms with van der Waals surface area (Å²) in [7, 11) is 0. The number of imidazole rings is 1. The fourth-order valence-electron chi connectivity index (χ4n) is 2.65. The number of rotatable bonds is 2. The van der Waals surface area contributed by atoms with Crippen molar-refractivity contribution in [1.29, 1.82) is 0 Å². The molecule has 3 aromatic rings. The van der Waals surface area contributed by atoms with Gasteiger partial charge in [0.25, 0.3) is 0 Å². The van der Waals surface area contributed by atoms with E-state index in [1.165, 1.54) is 22.3 Å². The largest absolute Gasteiger partial charge is 0.325 e. The Morgan fingerprint density at radius 2 is 1.90 bits per heavy atom. The number of hydrogen-bond donors (Lipinski definition) is 1. The topological polar surface area (TPSA) is 43.3 Å². The number of pyridine rings is 1. The van der Waals surface area contributed by atoms with Gasteiger partial charge >= 0.3 is 0 Å². The van der Waals surface area contributed by atoms with Gasteiger partial charge in [-0.25, -0.2) is 4.98 Å². The van der Waals surface area contributed by atoms with Crippen LogP contribution in [0.5, 0.6) is 0 Å². The molecule has 0 radical (unpaired) electrons. The van der Waals surface area contributed by atoms with E-state index < -0.39 is 0 Å². The molecule has 0 aliphatic carbocycles. The second kappa shape index (κ2) is 4.76. The monoisotopic (exact) mass is 265 g/mol. The molecule has 0 aliphatic rings. The zero-order valence-electron chi connectivity index (χ0n) is 12.1. The van der Waals surface area contributed by atoms with E-state index in [-0.39, 0.29) is 0 Å². The summed E-state index contributed by atoms with van der Waals surface area (Å²) < 4.78 is 2.10. The molecule has 3 rings (SSSR count). The standard InChI is InChI=1S/C17H19N3/c1-11-6-7-12(2)14(9-11)16-15(10-18)20-8-4-5-13(3)17(20)19-16/h4-9H,10,18H2,1-3H3. The predicted molar refractivity (Wildman–Crippen MR) is 82.7 cm³/mol. The summed E-state index contributed by atoms with van der Waals surface area (Å²) in [5.74, 6) is 0. The lowest BCUT2D eigenvalue weighted by Crippen LogP contribution is -2.03. The lowest BCUT2D eigenvalue weighted by Gasteiger charge is -2.07. The summed E-state index contributed by atoms with van der Waals surface area (Å²) in [5.41, 5.74) is 13.8. The maximum Gasteiger partial charge on any atom is 0.140 e. The molecule has 1 aromatic carbocycles. The molecule has 0 atom stereocenters. The quantitative estimate of drug-likeness (QED) is 0.772. The maximum absolute atomic E-state index is 5.98. The predicted octanol–water partition coefficient (Wildman–Crippen LogP) is 3.39. The van der Waals surface area contributed by atoms with Gasteiger partial charge in [-0.3, -0.25) is 0 Å². The smallest absolute Gasteiger partial charge is 0.140 e. The van der Waals surface area contributed by atoms with Crippen LogP contribution in [0.2, 0.25) is 0 Å². The van der Waals surface area contributed by atoms with Crippen LogP contribution in [0, 0.1) is 20.8 Å². The van der Waals surface area contributed by atoms with E-state index in [1.54, 1.807) is 0 Å². The van der Waals surface area contributed by atoms with Crippen molar-refractivity contribution in [2.75, 3.05) is 0 Å². The minimum atomic E-state index is 0.479. The van der Waals surface area contributed by atoms with Crippen molar-refractivity contribution in [3.63, 3.8) is 0 Å². The SMILES string of the molecule is Cc1ccc(C)c(-c2nc3c(C)cccn3c2CN)c1. The fourth-order valence-corrected chi connectivity index (χ4v) is 2.65. The van der Waals surface area contributed by atoms with Gasteiger partial charge in [-0.15, -0.1) is 0 Å². The zero-order valence-corrected chi connectivity index (χ0v) is 12.1. The summed E-state index contributed by atoms with van der Waals surface area (Å²) in [5, 5.41) is 0. The van der Waals surface area contributed by atoms with E-state index in [4.69, 9.17) is 10.7 Å². The average molecular weight is 265 g/mol. The third-order valence-electron chi connectivity index (χ3n) is 3.79. The Bertz CT molecular complexity index is 784. The highest BCUT2D eigenvalue weighted by molar-refractivity contribution is 5.71. The molecule has 0 unspecified atom stereocenters. The first kappa shape index (κ1) is 12.9. The van der Waals surface area contributed by atoms with Gasteiger partial charge in [-0.05, 0) is 44.0 Å². The Morgan fingerprint density at radius 3 is 2.65 bits per heavy atom. The van der Waals surface area contributed by atoms with Gasteiger partial charge in [0.2, 0.25) is 0 Å². The van der Waals surface area contributed by atoms with Crippen molar-refractivity contribution in [2.45, 2.75) is 27.3 Å². The minimum Gasteiger partial charge on any atom is -0.325 e. The van der Waals surface area contributed by atoms with Crippen molar-refractivity contribution in [3.8, 4) is 11.3 Å². The number of hydrogen-bond acceptors (Lipinski definition) is 2. The van der Waals surface area contributed by atoms with E-state index >= 15 is 0 Å². The van der Waals surface area contributed by atoms with Crippen LogP contribution in [-0.4, -0.2) is 9.38 Å². The van der Waals surface area contributed by atoms with Crippen molar-refractivity contribution < 1.29 is 0 Å². The molecule has 0 saturated carbocycles. The molecule has 0 fully saturated rings. The molecule has 3 nitrogen and oxygen atoms in total. The van der Waals surface area contributed by atoms with Crippen LogP contribution in [0.15, 0.2) is 36.5 Å². The maximum atomic E-state index is 5.98. The molecule has 102 valence electrons. The highest BCUT2D eigenvalue weighted by Crippen LogP contribution is 2.28. The molecule has 2 heterocycles. The molecule has 2 aromatic heterocycles. The van der Waals surface area contributed by atoms with Gasteiger partial charge in [0, 0.05) is 18.3 Å². The summed E-state index contributed by atoms with van der Waals surface area (Å²) >= 11 is 0. The van der Waals surface area contributed by atoms with Gasteiger partial charge in [0.05, 0.1) is 11.4 Å². The number of nitrogens with two attached hydrogens (primary N) is 1. The van der Waals surface area contributed by atoms with Gasteiger partial charge in [0.15, 0.2) is 0 Å². The van der Waals surface area contributed by atoms with Crippen LogP contribution < -0.4 is 5.73 Å². The number of aryl methyl sites for hydroxylation is 3. The number of fused-ring (bicyclic) bond motifs is 1. The van der Waals surface area contributed by atoms with E-state index in [2.05, 4.69) is 49.4 Å². The molecule has 0 bridgehead atoms. The van der Waals surface area contributed by atoms with Gasteiger partial charge in [-0.2, -0.15) is 0 Å². The normalized spacial score (nSPS) is 11.2. The van der Waals surface area contributed by atoms with Crippen LogP contribution in [0.4, 0.5) is 0 Å². The number of benzene rings is 1. The highest BCUT2D eigenvalue weighted by atomic mass is 15.0. The minimum absolute atomic E-state index is 0.479. The van der Waals surface area contributed by atoms with Crippen LogP contribution in [0.25, 0.3) is 16.9 Å².